The highest BCUT2D eigenvalue weighted by molar-refractivity contribution is 6.07. The summed E-state index contributed by atoms with van der Waals surface area (Å²) in [5.74, 6) is -0.368. The van der Waals surface area contributed by atoms with E-state index in [0.717, 1.165) is 11.3 Å². The van der Waals surface area contributed by atoms with Crippen LogP contribution >= 0.6 is 0 Å². The number of carbonyl (C=O) groups is 3. The van der Waals surface area contributed by atoms with Gasteiger partial charge in [0.15, 0.2) is 17.2 Å². The first-order chi connectivity index (χ1) is 17.8. The number of aromatic nitrogens is 2. The van der Waals surface area contributed by atoms with Gasteiger partial charge in [-0.3, -0.25) is 19.4 Å². The maximum absolute atomic E-state index is 13.6. The summed E-state index contributed by atoms with van der Waals surface area (Å²) in [5, 5.41) is 3.98. The molecule has 37 heavy (non-hydrogen) atoms. The Hall–Kier alpha value is -4.59. The van der Waals surface area contributed by atoms with Gasteiger partial charge < -0.3 is 14.3 Å². The minimum Gasteiger partial charge on any atom is -0.359 e. The molecule has 188 valence electrons. The van der Waals surface area contributed by atoms with Gasteiger partial charge in [0.25, 0.3) is 11.8 Å². The van der Waals surface area contributed by atoms with Gasteiger partial charge >= 0.3 is 0 Å². The summed E-state index contributed by atoms with van der Waals surface area (Å²) in [6.07, 6.45) is 1.68. The van der Waals surface area contributed by atoms with E-state index in [0.29, 0.717) is 22.6 Å². The van der Waals surface area contributed by atoms with Crippen molar-refractivity contribution in [3.63, 3.8) is 0 Å². The van der Waals surface area contributed by atoms with E-state index >= 15 is 0 Å². The summed E-state index contributed by atoms with van der Waals surface area (Å²) < 4.78 is 5.49. The molecule has 2 aromatic carbocycles. The largest absolute Gasteiger partial charge is 0.359 e. The molecular formula is C29H28N4O4. The normalized spacial score (nSPS) is 11.6. The summed E-state index contributed by atoms with van der Waals surface area (Å²) in [5.41, 5.74) is 3.24. The Labute approximate surface area is 215 Å². The maximum atomic E-state index is 13.6. The molecule has 0 aliphatic heterocycles. The van der Waals surface area contributed by atoms with Crippen molar-refractivity contribution in [1.82, 2.24) is 15.0 Å². The molecule has 0 radical (unpaired) electrons. The van der Waals surface area contributed by atoms with Crippen LogP contribution in [0.4, 0.5) is 5.69 Å². The highest BCUT2D eigenvalue weighted by atomic mass is 16.5. The second kappa shape index (κ2) is 11.0. The van der Waals surface area contributed by atoms with E-state index in [2.05, 4.69) is 10.1 Å². The molecule has 0 aliphatic carbocycles. The van der Waals surface area contributed by atoms with Gasteiger partial charge in [0.2, 0.25) is 0 Å². The highest BCUT2D eigenvalue weighted by Crippen LogP contribution is 2.24. The number of hydrogen-bond donors (Lipinski definition) is 0. The van der Waals surface area contributed by atoms with Crippen LogP contribution in [0.5, 0.6) is 0 Å². The zero-order valence-electron chi connectivity index (χ0n) is 21.2. The Morgan fingerprint density at radius 3 is 2.41 bits per heavy atom. The summed E-state index contributed by atoms with van der Waals surface area (Å²) in [6.45, 7) is 5.24. The van der Waals surface area contributed by atoms with Crippen LogP contribution in [0.3, 0.4) is 0 Å². The topological polar surface area (TPSA) is 96.6 Å². The number of carbonyl (C=O) groups excluding carboxylic acids is 3. The van der Waals surface area contributed by atoms with E-state index in [4.69, 9.17) is 4.52 Å². The molecule has 0 bridgehead atoms. The van der Waals surface area contributed by atoms with E-state index in [1.54, 1.807) is 49.6 Å². The van der Waals surface area contributed by atoms with E-state index in [1.807, 2.05) is 44.2 Å². The first-order valence-electron chi connectivity index (χ1n) is 11.9. The number of hydrogen-bond acceptors (Lipinski definition) is 6. The number of aryl methyl sites for hydroxylation is 1. The van der Waals surface area contributed by atoms with Crippen molar-refractivity contribution in [2.24, 2.45) is 0 Å². The van der Waals surface area contributed by atoms with Crippen molar-refractivity contribution in [2.75, 3.05) is 11.9 Å². The molecule has 0 spiro atoms. The SMILES string of the molecule is CC(=O)c1cccc(N(Cc2cc(C(=O)N(C)C(C)c3ccccn3)no2)C(=O)c2ccccc2C)c1. The number of nitrogens with zero attached hydrogens (tertiary/aromatic N) is 4. The third-order valence-electron chi connectivity index (χ3n) is 6.29. The smallest absolute Gasteiger partial charge is 0.276 e. The number of rotatable bonds is 8. The molecule has 8 nitrogen and oxygen atoms in total. The van der Waals surface area contributed by atoms with E-state index in [9.17, 15) is 14.4 Å². The lowest BCUT2D eigenvalue weighted by Gasteiger charge is -2.23. The molecule has 4 aromatic rings. The summed E-state index contributed by atoms with van der Waals surface area (Å²) in [7, 11) is 1.68. The lowest BCUT2D eigenvalue weighted by atomic mass is 10.1. The molecule has 2 amide bonds. The highest BCUT2D eigenvalue weighted by Gasteiger charge is 2.26. The Morgan fingerprint density at radius 1 is 0.946 bits per heavy atom. The zero-order valence-corrected chi connectivity index (χ0v) is 21.2. The number of amides is 2. The van der Waals surface area contributed by atoms with Gasteiger partial charge in [0, 0.05) is 36.1 Å². The molecule has 2 heterocycles. The molecule has 0 aliphatic rings. The van der Waals surface area contributed by atoms with E-state index in [-0.39, 0.29) is 35.9 Å². The molecule has 0 saturated heterocycles. The number of Topliss-reactive ketones (excluding diaryl/α,β-unsaturated/α-hetero) is 1. The molecule has 0 saturated carbocycles. The number of ketones is 1. The van der Waals surface area contributed by atoms with Gasteiger partial charge in [-0.25, -0.2) is 0 Å². The van der Waals surface area contributed by atoms with Crippen LogP contribution in [-0.2, 0) is 6.54 Å². The third-order valence-corrected chi connectivity index (χ3v) is 6.29. The second-order valence-corrected chi connectivity index (χ2v) is 8.84. The Balaban J connectivity index is 1.62. The first kappa shape index (κ1) is 25.5. The predicted molar refractivity (Wildman–Crippen MR) is 139 cm³/mol. The van der Waals surface area contributed by atoms with Crippen LogP contribution in [0.2, 0.25) is 0 Å². The van der Waals surface area contributed by atoms with Crippen molar-refractivity contribution in [2.45, 2.75) is 33.4 Å². The van der Waals surface area contributed by atoms with Crippen molar-refractivity contribution in [3.8, 4) is 0 Å². The second-order valence-electron chi connectivity index (χ2n) is 8.84. The van der Waals surface area contributed by atoms with Crippen molar-refractivity contribution in [3.05, 3.63) is 113 Å². The zero-order chi connectivity index (χ0) is 26.5. The van der Waals surface area contributed by atoms with Gasteiger partial charge in [-0.15, -0.1) is 0 Å². The Bertz CT molecular complexity index is 1430. The number of anilines is 1. The molecule has 0 fully saturated rings. The third kappa shape index (κ3) is 5.64. The van der Waals surface area contributed by atoms with Gasteiger partial charge in [-0.1, -0.05) is 41.6 Å². The van der Waals surface area contributed by atoms with E-state index in [1.165, 1.54) is 22.8 Å². The lowest BCUT2D eigenvalue weighted by Crippen LogP contribution is -2.31. The van der Waals surface area contributed by atoms with Crippen molar-refractivity contribution in [1.29, 1.82) is 0 Å². The number of pyridine rings is 1. The van der Waals surface area contributed by atoms with Gasteiger partial charge in [-0.2, -0.15) is 0 Å². The lowest BCUT2D eigenvalue weighted by molar-refractivity contribution is 0.0728. The standard InChI is InChI=1S/C29H28N4O4/c1-19-10-5-6-13-25(19)28(35)33(23-12-9-11-22(16-23)21(3)34)18-24-17-27(31-37-24)29(36)32(4)20(2)26-14-7-8-15-30-26/h5-17,20H,18H2,1-4H3. The summed E-state index contributed by atoms with van der Waals surface area (Å²) in [6, 6.07) is 20.9. The molecular weight excluding hydrogens is 468 g/mol. The van der Waals surface area contributed by atoms with Crippen LogP contribution < -0.4 is 4.90 Å². The molecule has 2 aromatic heterocycles. The molecule has 1 atom stereocenters. The average Bonchev–Trinajstić information content (AvgIpc) is 3.39. The Kier molecular flexibility index (Phi) is 7.57. The Morgan fingerprint density at radius 2 is 1.70 bits per heavy atom. The maximum Gasteiger partial charge on any atom is 0.276 e. The van der Waals surface area contributed by atoms with Crippen LogP contribution in [0.25, 0.3) is 0 Å². The average molecular weight is 497 g/mol. The molecule has 0 N–H and O–H groups in total. The fraction of sp³-hybridized carbons (Fsp3) is 0.207. The van der Waals surface area contributed by atoms with Crippen LogP contribution in [0.15, 0.2) is 83.5 Å². The van der Waals surface area contributed by atoms with Gasteiger partial charge in [0.1, 0.15) is 0 Å². The fourth-order valence-electron chi connectivity index (χ4n) is 3.95. The van der Waals surface area contributed by atoms with E-state index < -0.39 is 0 Å². The van der Waals surface area contributed by atoms with Crippen molar-refractivity contribution >= 4 is 23.3 Å². The minimum atomic E-state index is -0.330. The van der Waals surface area contributed by atoms with Crippen LogP contribution in [-0.4, -0.2) is 39.7 Å². The number of benzene rings is 2. The van der Waals surface area contributed by atoms with Crippen molar-refractivity contribution < 1.29 is 18.9 Å². The minimum absolute atomic E-state index is 0.0221. The van der Waals surface area contributed by atoms with Crippen LogP contribution in [0, 0.1) is 6.92 Å². The van der Waals surface area contributed by atoms with Crippen LogP contribution in [0.1, 0.15) is 68.1 Å². The van der Waals surface area contributed by atoms with Gasteiger partial charge in [-0.05, 0) is 56.7 Å². The molecule has 4 rings (SSSR count). The monoisotopic (exact) mass is 496 g/mol. The first-order valence-corrected chi connectivity index (χ1v) is 11.9. The molecule has 8 heteroatoms. The fourth-order valence-corrected chi connectivity index (χ4v) is 3.95. The summed E-state index contributed by atoms with van der Waals surface area (Å²) in [4.78, 5) is 46.1. The summed E-state index contributed by atoms with van der Waals surface area (Å²) >= 11 is 0. The predicted octanol–water partition coefficient (Wildman–Crippen LogP) is 5.26. The molecule has 1 unspecified atom stereocenters. The quantitative estimate of drug-likeness (QED) is 0.309. The van der Waals surface area contributed by atoms with Gasteiger partial charge in [0.05, 0.1) is 18.3 Å².